The van der Waals surface area contributed by atoms with Crippen molar-refractivity contribution >= 4 is 23.1 Å². The summed E-state index contributed by atoms with van der Waals surface area (Å²) in [4.78, 5) is 21.0. The first kappa shape index (κ1) is 19.1. The molecular weight excluding hydrogens is 350 g/mol. The maximum atomic E-state index is 12.7. The summed E-state index contributed by atoms with van der Waals surface area (Å²) in [5.41, 5.74) is 3.20. The molecule has 6 heteroatoms. The topological polar surface area (TPSA) is 90.7 Å². The quantitative estimate of drug-likeness (QED) is 0.697. The molecule has 0 saturated heterocycles. The lowest BCUT2D eigenvalue weighted by Gasteiger charge is -2.22. The minimum absolute atomic E-state index is 0.103. The van der Waals surface area contributed by atoms with Crippen LogP contribution in [0.15, 0.2) is 60.9 Å². The third-order valence-corrected chi connectivity index (χ3v) is 4.15. The maximum absolute atomic E-state index is 12.7. The van der Waals surface area contributed by atoms with Gasteiger partial charge in [0.1, 0.15) is 17.8 Å². The standard InChI is InChI=1S/C22H21N5O/c1-22(2,3)17-9-4-5-10-18(17)27-21(28)19-12-20(25-14-24-19)26-16-8-6-7-15(11-16)13-23/h4-12,14H,1-3H3,(H,27,28)(H,24,25,26). The second kappa shape index (κ2) is 7.89. The maximum Gasteiger partial charge on any atom is 0.274 e. The molecule has 1 aromatic heterocycles. The van der Waals surface area contributed by atoms with Gasteiger partial charge in [0.25, 0.3) is 5.91 Å². The molecule has 1 amide bonds. The Bertz CT molecular complexity index is 1050. The van der Waals surface area contributed by atoms with Gasteiger partial charge in [-0.25, -0.2) is 9.97 Å². The van der Waals surface area contributed by atoms with Gasteiger partial charge >= 0.3 is 0 Å². The molecule has 6 nitrogen and oxygen atoms in total. The SMILES string of the molecule is CC(C)(C)c1ccccc1NC(=O)c1cc(Nc2cccc(C#N)c2)ncn1. The highest BCUT2D eigenvalue weighted by Gasteiger charge is 2.19. The number of para-hydroxylation sites is 1. The van der Waals surface area contributed by atoms with Gasteiger partial charge in [-0.3, -0.25) is 4.79 Å². The van der Waals surface area contributed by atoms with E-state index < -0.39 is 0 Å². The number of hydrogen-bond acceptors (Lipinski definition) is 5. The monoisotopic (exact) mass is 371 g/mol. The van der Waals surface area contributed by atoms with Gasteiger partial charge in [-0.2, -0.15) is 5.26 Å². The number of benzene rings is 2. The summed E-state index contributed by atoms with van der Waals surface area (Å²) in [6.07, 6.45) is 1.33. The summed E-state index contributed by atoms with van der Waals surface area (Å²) >= 11 is 0. The highest BCUT2D eigenvalue weighted by molar-refractivity contribution is 6.03. The fourth-order valence-electron chi connectivity index (χ4n) is 2.80. The van der Waals surface area contributed by atoms with Crippen molar-refractivity contribution in [3.05, 3.63) is 77.7 Å². The van der Waals surface area contributed by atoms with Crippen molar-refractivity contribution in [2.75, 3.05) is 10.6 Å². The third kappa shape index (κ3) is 4.51. The zero-order chi connectivity index (χ0) is 20.1. The predicted molar refractivity (Wildman–Crippen MR) is 110 cm³/mol. The summed E-state index contributed by atoms with van der Waals surface area (Å²) in [6.45, 7) is 6.29. The van der Waals surface area contributed by atoms with Gasteiger partial charge in [-0.15, -0.1) is 0 Å². The molecule has 3 rings (SSSR count). The van der Waals surface area contributed by atoms with Crippen molar-refractivity contribution in [3.63, 3.8) is 0 Å². The van der Waals surface area contributed by atoms with Gasteiger partial charge in [0.05, 0.1) is 11.6 Å². The molecule has 28 heavy (non-hydrogen) atoms. The van der Waals surface area contributed by atoms with Crippen LogP contribution in [-0.2, 0) is 5.41 Å². The first-order valence-electron chi connectivity index (χ1n) is 8.87. The molecule has 0 aliphatic heterocycles. The van der Waals surface area contributed by atoms with Gasteiger partial charge in [-0.05, 0) is 35.2 Å². The Morgan fingerprint density at radius 2 is 1.82 bits per heavy atom. The molecule has 140 valence electrons. The minimum atomic E-state index is -0.312. The van der Waals surface area contributed by atoms with E-state index in [4.69, 9.17) is 5.26 Å². The Balaban J connectivity index is 1.81. The van der Waals surface area contributed by atoms with E-state index in [1.54, 1.807) is 24.3 Å². The zero-order valence-electron chi connectivity index (χ0n) is 16.0. The molecular formula is C22H21N5O. The van der Waals surface area contributed by atoms with Gasteiger partial charge in [0.2, 0.25) is 0 Å². The van der Waals surface area contributed by atoms with E-state index >= 15 is 0 Å². The van der Waals surface area contributed by atoms with Crippen LogP contribution in [0.3, 0.4) is 0 Å². The molecule has 3 aromatic rings. The molecule has 1 heterocycles. The third-order valence-electron chi connectivity index (χ3n) is 4.15. The number of nitriles is 1. The van der Waals surface area contributed by atoms with E-state index in [1.807, 2.05) is 30.3 Å². The number of carbonyl (C=O) groups is 1. The van der Waals surface area contributed by atoms with Gasteiger partial charge in [0, 0.05) is 17.4 Å². The fraction of sp³-hybridized carbons (Fsp3) is 0.182. The number of aromatic nitrogens is 2. The largest absolute Gasteiger partial charge is 0.340 e. The Morgan fingerprint density at radius 1 is 1.04 bits per heavy atom. The molecule has 0 atom stereocenters. The van der Waals surface area contributed by atoms with Gasteiger partial charge in [0.15, 0.2) is 0 Å². The molecule has 0 saturated carbocycles. The average molecular weight is 371 g/mol. The highest BCUT2D eigenvalue weighted by atomic mass is 16.1. The first-order valence-corrected chi connectivity index (χ1v) is 8.87. The molecule has 2 N–H and O–H groups in total. The number of amides is 1. The first-order chi connectivity index (χ1) is 13.4. The second-order valence-corrected chi connectivity index (χ2v) is 7.36. The van der Waals surface area contributed by atoms with E-state index in [-0.39, 0.29) is 17.0 Å². The summed E-state index contributed by atoms with van der Waals surface area (Å²) in [5, 5.41) is 15.0. The molecule has 0 radical (unpaired) electrons. The van der Waals surface area contributed by atoms with Gasteiger partial charge in [-0.1, -0.05) is 45.0 Å². The number of carbonyl (C=O) groups excluding carboxylic acids is 1. The molecule has 0 aliphatic carbocycles. The van der Waals surface area contributed by atoms with Crippen LogP contribution in [0.25, 0.3) is 0 Å². The van der Waals surface area contributed by atoms with Crippen LogP contribution in [0, 0.1) is 11.3 Å². The van der Waals surface area contributed by atoms with E-state index in [0.717, 1.165) is 11.3 Å². The number of hydrogen-bond donors (Lipinski definition) is 2. The van der Waals surface area contributed by atoms with Crippen molar-refractivity contribution in [2.45, 2.75) is 26.2 Å². The molecule has 0 bridgehead atoms. The van der Waals surface area contributed by atoms with Crippen LogP contribution in [0.2, 0.25) is 0 Å². The molecule has 0 aliphatic rings. The van der Waals surface area contributed by atoms with Crippen molar-refractivity contribution in [3.8, 4) is 6.07 Å². The van der Waals surface area contributed by atoms with Gasteiger partial charge < -0.3 is 10.6 Å². The summed E-state index contributed by atoms with van der Waals surface area (Å²) < 4.78 is 0. The number of nitrogens with zero attached hydrogens (tertiary/aromatic N) is 3. The lowest BCUT2D eigenvalue weighted by atomic mass is 9.86. The zero-order valence-corrected chi connectivity index (χ0v) is 16.0. The number of rotatable bonds is 4. The van der Waals surface area contributed by atoms with Crippen LogP contribution < -0.4 is 10.6 Å². The van der Waals surface area contributed by atoms with E-state index in [1.165, 1.54) is 6.33 Å². The molecule has 0 unspecified atom stereocenters. The highest BCUT2D eigenvalue weighted by Crippen LogP contribution is 2.29. The summed E-state index contributed by atoms with van der Waals surface area (Å²) in [5.74, 6) is 0.160. The fourth-order valence-corrected chi connectivity index (χ4v) is 2.80. The minimum Gasteiger partial charge on any atom is -0.340 e. The van der Waals surface area contributed by atoms with Crippen molar-refractivity contribution in [1.82, 2.24) is 9.97 Å². The Hall–Kier alpha value is -3.72. The van der Waals surface area contributed by atoms with E-state index in [2.05, 4.69) is 47.4 Å². The van der Waals surface area contributed by atoms with Crippen LogP contribution in [0.5, 0.6) is 0 Å². The average Bonchev–Trinajstić information content (AvgIpc) is 2.68. The van der Waals surface area contributed by atoms with Crippen LogP contribution in [-0.4, -0.2) is 15.9 Å². The van der Waals surface area contributed by atoms with Crippen LogP contribution in [0.1, 0.15) is 42.4 Å². The Morgan fingerprint density at radius 3 is 2.57 bits per heavy atom. The Labute approximate surface area is 164 Å². The molecule has 0 spiro atoms. The summed E-state index contributed by atoms with van der Waals surface area (Å²) in [6, 6.07) is 18.4. The lowest BCUT2D eigenvalue weighted by Crippen LogP contribution is -2.19. The summed E-state index contributed by atoms with van der Waals surface area (Å²) in [7, 11) is 0. The number of nitrogens with one attached hydrogen (secondary N) is 2. The normalized spacial score (nSPS) is 10.8. The van der Waals surface area contributed by atoms with Crippen molar-refractivity contribution < 1.29 is 4.79 Å². The van der Waals surface area contributed by atoms with Crippen LogP contribution >= 0.6 is 0 Å². The lowest BCUT2D eigenvalue weighted by molar-refractivity contribution is 0.102. The van der Waals surface area contributed by atoms with E-state index in [0.29, 0.717) is 17.1 Å². The Kier molecular flexibility index (Phi) is 5.37. The second-order valence-electron chi connectivity index (χ2n) is 7.36. The van der Waals surface area contributed by atoms with Crippen molar-refractivity contribution in [1.29, 1.82) is 5.26 Å². The van der Waals surface area contributed by atoms with Crippen LogP contribution in [0.4, 0.5) is 17.2 Å². The smallest absolute Gasteiger partial charge is 0.274 e. The number of anilines is 3. The van der Waals surface area contributed by atoms with E-state index in [9.17, 15) is 4.79 Å². The molecule has 2 aromatic carbocycles. The van der Waals surface area contributed by atoms with Crippen molar-refractivity contribution in [2.24, 2.45) is 0 Å². The molecule has 0 fully saturated rings. The predicted octanol–water partition coefficient (Wildman–Crippen LogP) is 4.64.